The lowest BCUT2D eigenvalue weighted by molar-refractivity contribution is -0.133. The first-order valence-electron chi connectivity index (χ1n) is 8.71. The highest BCUT2D eigenvalue weighted by Crippen LogP contribution is 2.24. The van der Waals surface area contributed by atoms with E-state index in [0.29, 0.717) is 13.0 Å². The molecule has 0 aliphatic carbocycles. The van der Waals surface area contributed by atoms with Crippen molar-refractivity contribution in [2.24, 2.45) is 5.92 Å². The van der Waals surface area contributed by atoms with Crippen LogP contribution in [0.4, 0.5) is 4.79 Å². The molecule has 1 aromatic carbocycles. The van der Waals surface area contributed by atoms with E-state index in [0.717, 1.165) is 37.7 Å². The van der Waals surface area contributed by atoms with Gasteiger partial charge in [0.25, 0.3) is 0 Å². The Balaban J connectivity index is 2.04. The van der Waals surface area contributed by atoms with E-state index in [9.17, 15) is 9.59 Å². The molecular weight excluding hydrogens is 290 g/mol. The van der Waals surface area contributed by atoms with Crippen molar-refractivity contribution in [3.8, 4) is 0 Å². The summed E-state index contributed by atoms with van der Waals surface area (Å²) in [5.41, 5.74) is 1.12. The number of ether oxygens (including phenoxy) is 1. The molecule has 1 aliphatic heterocycles. The quantitative estimate of drug-likeness (QED) is 0.676. The van der Waals surface area contributed by atoms with Crippen LogP contribution in [-0.2, 0) is 16.0 Å². The Labute approximate surface area is 138 Å². The Morgan fingerprint density at radius 3 is 2.65 bits per heavy atom. The van der Waals surface area contributed by atoms with Crippen LogP contribution in [0.3, 0.4) is 0 Å². The highest BCUT2D eigenvalue weighted by molar-refractivity contribution is 5.94. The highest BCUT2D eigenvalue weighted by atomic mass is 16.6. The fourth-order valence-electron chi connectivity index (χ4n) is 3.11. The first-order chi connectivity index (χ1) is 11.2. The van der Waals surface area contributed by atoms with Gasteiger partial charge in [0.1, 0.15) is 6.61 Å². The van der Waals surface area contributed by atoms with Gasteiger partial charge in [0, 0.05) is 5.92 Å². The molecule has 2 amide bonds. The van der Waals surface area contributed by atoms with Gasteiger partial charge in [-0.1, -0.05) is 63.4 Å². The molecule has 0 spiro atoms. The smallest absolute Gasteiger partial charge is 0.416 e. The fraction of sp³-hybridized carbons (Fsp3) is 0.579. The summed E-state index contributed by atoms with van der Waals surface area (Å²) in [5.74, 6) is -0.141. The summed E-state index contributed by atoms with van der Waals surface area (Å²) in [5, 5.41) is 0. The largest absolute Gasteiger partial charge is 0.447 e. The molecule has 23 heavy (non-hydrogen) atoms. The van der Waals surface area contributed by atoms with Gasteiger partial charge in [-0.05, 0) is 24.8 Å². The standard InChI is InChI=1S/C19H27NO3/c1-3-5-7-12-16(4-2)18(21)20-17(14-23-19(20)22)13-15-10-8-6-9-11-15/h6,8-11,16-17H,3-5,7,12-14H2,1-2H3/t16-,17-/m1/s1. The molecule has 0 saturated carbocycles. The molecule has 0 N–H and O–H groups in total. The summed E-state index contributed by atoms with van der Waals surface area (Å²) in [4.78, 5) is 26.2. The third kappa shape index (κ3) is 4.57. The molecule has 1 heterocycles. The van der Waals surface area contributed by atoms with E-state index in [2.05, 4.69) is 6.92 Å². The zero-order valence-electron chi connectivity index (χ0n) is 14.2. The first-order valence-corrected chi connectivity index (χ1v) is 8.71. The molecule has 1 fully saturated rings. The second kappa shape index (κ2) is 8.70. The van der Waals surface area contributed by atoms with E-state index in [4.69, 9.17) is 4.74 Å². The van der Waals surface area contributed by atoms with Crippen molar-refractivity contribution in [2.45, 2.75) is 58.4 Å². The molecule has 0 aromatic heterocycles. The lowest BCUT2D eigenvalue weighted by Crippen LogP contribution is -2.43. The lowest BCUT2D eigenvalue weighted by Gasteiger charge is -2.24. The Morgan fingerprint density at radius 1 is 1.26 bits per heavy atom. The number of carbonyl (C=O) groups excluding carboxylic acids is 2. The van der Waals surface area contributed by atoms with Crippen molar-refractivity contribution in [2.75, 3.05) is 6.61 Å². The normalized spacial score (nSPS) is 18.8. The lowest BCUT2D eigenvalue weighted by atomic mass is 9.96. The zero-order valence-corrected chi connectivity index (χ0v) is 14.2. The van der Waals surface area contributed by atoms with Gasteiger partial charge >= 0.3 is 6.09 Å². The number of carbonyl (C=O) groups is 2. The van der Waals surface area contributed by atoms with Gasteiger partial charge in [0.15, 0.2) is 0 Å². The summed E-state index contributed by atoms with van der Waals surface area (Å²) in [6, 6.07) is 9.76. The maximum Gasteiger partial charge on any atom is 0.416 e. The van der Waals surface area contributed by atoms with Gasteiger partial charge in [-0.25, -0.2) is 9.69 Å². The second-order valence-electron chi connectivity index (χ2n) is 6.23. The van der Waals surface area contributed by atoms with Gasteiger partial charge in [-0.15, -0.1) is 0 Å². The minimum Gasteiger partial charge on any atom is -0.447 e. The van der Waals surface area contributed by atoms with Crippen LogP contribution in [-0.4, -0.2) is 29.5 Å². The molecule has 1 aliphatic rings. The van der Waals surface area contributed by atoms with Crippen LogP contribution in [0.15, 0.2) is 30.3 Å². The van der Waals surface area contributed by atoms with E-state index in [1.165, 1.54) is 4.90 Å². The molecule has 4 nitrogen and oxygen atoms in total. The maximum atomic E-state index is 12.8. The Hall–Kier alpha value is -1.84. The molecule has 4 heteroatoms. The molecule has 0 bridgehead atoms. The van der Waals surface area contributed by atoms with Crippen molar-refractivity contribution in [1.29, 1.82) is 0 Å². The van der Waals surface area contributed by atoms with Crippen molar-refractivity contribution in [1.82, 2.24) is 4.90 Å². The minimum atomic E-state index is -0.482. The third-order valence-electron chi connectivity index (χ3n) is 4.51. The van der Waals surface area contributed by atoms with E-state index in [1.54, 1.807) is 0 Å². The van der Waals surface area contributed by atoms with Crippen LogP contribution in [0.1, 0.15) is 51.5 Å². The monoisotopic (exact) mass is 317 g/mol. The fourth-order valence-corrected chi connectivity index (χ4v) is 3.11. The van der Waals surface area contributed by atoms with Crippen molar-refractivity contribution in [3.63, 3.8) is 0 Å². The summed E-state index contributed by atoms with van der Waals surface area (Å²) in [7, 11) is 0. The topological polar surface area (TPSA) is 46.6 Å². The van der Waals surface area contributed by atoms with Gasteiger partial charge in [0.05, 0.1) is 6.04 Å². The van der Waals surface area contributed by atoms with E-state index >= 15 is 0 Å². The van der Waals surface area contributed by atoms with Gasteiger partial charge in [-0.2, -0.15) is 0 Å². The maximum absolute atomic E-state index is 12.8. The number of amides is 2. The van der Waals surface area contributed by atoms with Gasteiger partial charge in [-0.3, -0.25) is 4.79 Å². The highest BCUT2D eigenvalue weighted by Gasteiger charge is 2.40. The predicted molar refractivity (Wildman–Crippen MR) is 90.1 cm³/mol. The van der Waals surface area contributed by atoms with E-state index in [1.807, 2.05) is 37.3 Å². The van der Waals surface area contributed by atoms with Crippen LogP contribution in [0.5, 0.6) is 0 Å². The molecule has 2 atom stereocenters. The molecular formula is C19H27NO3. The average molecular weight is 317 g/mol. The van der Waals surface area contributed by atoms with Crippen LogP contribution in [0, 0.1) is 5.92 Å². The summed E-state index contributed by atoms with van der Waals surface area (Å²) >= 11 is 0. The molecule has 126 valence electrons. The number of benzene rings is 1. The molecule has 1 aromatic rings. The molecule has 0 unspecified atom stereocenters. The molecule has 1 saturated heterocycles. The summed E-state index contributed by atoms with van der Waals surface area (Å²) in [6.45, 7) is 4.46. The number of unbranched alkanes of at least 4 members (excludes halogenated alkanes) is 2. The molecule has 0 radical (unpaired) electrons. The van der Waals surface area contributed by atoms with Crippen LogP contribution < -0.4 is 0 Å². The van der Waals surface area contributed by atoms with Crippen LogP contribution in [0.25, 0.3) is 0 Å². The molecule has 2 rings (SSSR count). The van der Waals surface area contributed by atoms with Crippen LogP contribution in [0.2, 0.25) is 0 Å². The number of hydrogen-bond acceptors (Lipinski definition) is 3. The van der Waals surface area contributed by atoms with Crippen molar-refractivity contribution < 1.29 is 14.3 Å². The number of imide groups is 1. The number of cyclic esters (lactones) is 1. The van der Waals surface area contributed by atoms with Crippen molar-refractivity contribution in [3.05, 3.63) is 35.9 Å². The minimum absolute atomic E-state index is 0.0629. The average Bonchev–Trinajstić information content (AvgIpc) is 2.92. The first kappa shape index (κ1) is 17.5. The van der Waals surface area contributed by atoms with Crippen LogP contribution >= 0.6 is 0 Å². The second-order valence-corrected chi connectivity index (χ2v) is 6.23. The van der Waals surface area contributed by atoms with E-state index in [-0.39, 0.29) is 17.9 Å². The predicted octanol–water partition coefficient (Wildman–Crippen LogP) is 4.18. The summed E-state index contributed by atoms with van der Waals surface area (Å²) in [6.07, 6.45) is 5.09. The third-order valence-corrected chi connectivity index (χ3v) is 4.51. The Morgan fingerprint density at radius 2 is 2.00 bits per heavy atom. The summed E-state index contributed by atoms with van der Waals surface area (Å²) < 4.78 is 5.16. The van der Waals surface area contributed by atoms with E-state index < -0.39 is 6.09 Å². The number of hydrogen-bond donors (Lipinski definition) is 0. The Kier molecular flexibility index (Phi) is 6.63. The number of rotatable bonds is 8. The van der Waals surface area contributed by atoms with Gasteiger partial charge in [0.2, 0.25) is 5.91 Å². The SMILES string of the molecule is CCCCC[C@@H](CC)C(=O)N1C(=O)OC[C@H]1Cc1ccccc1. The van der Waals surface area contributed by atoms with Gasteiger partial charge < -0.3 is 4.74 Å². The zero-order chi connectivity index (χ0) is 16.7. The number of nitrogens with zero attached hydrogens (tertiary/aromatic N) is 1. The van der Waals surface area contributed by atoms with Crippen molar-refractivity contribution >= 4 is 12.0 Å². The Bertz CT molecular complexity index is 515.